The minimum Gasteiger partial charge on any atom is -0.453 e. The van der Waals surface area contributed by atoms with Gasteiger partial charge in [0.05, 0.1) is 30.4 Å². The number of alkyl carbamates (subject to hydrolysis) is 1. The summed E-state index contributed by atoms with van der Waals surface area (Å²) in [5.41, 5.74) is 5.96. The summed E-state index contributed by atoms with van der Waals surface area (Å²) in [6, 6.07) is 13.8. The fraction of sp³-hybridized carbons (Fsp3) is 0.412. The molecule has 222 valence electrons. The van der Waals surface area contributed by atoms with Gasteiger partial charge in [0.25, 0.3) is 0 Å². The van der Waals surface area contributed by atoms with Crippen molar-refractivity contribution in [2.75, 3.05) is 13.7 Å². The largest absolute Gasteiger partial charge is 0.453 e. The lowest BCUT2D eigenvalue weighted by atomic mass is 10.0. The first-order valence-corrected chi connectivity index (χ1v) is 15.2. The van der Waals surface area contributed by atoms with Gasteiger partial charge in [-0.25, -0.2) is 14.8 Å². The topological polar surface area (TPSA) is 116 Å². The Bertz CT molecular complexity index is 1670. The number of nitrogens with one attached hydrogen (secondary N) is 3. The fourth-order valence-electron chi connectivity index (χ4n) is 6.25. The number of amides is 2. The summed E-state index contributed by atoms with van der Waals surface area (Å²) in [6.07, 6.45) is 7.79. The molecule has 3 heterocycles. The number of imidazole rings is 2. The van der Waals surface area contributed by atoms with Crippen molar-refractivity contribution in [1.82, 2.24) is 30.2 Å². The third-order valence-corrected chi connectivity index (χ3v) is 8.64. The first-order valence-electron chi connectivity index (χ1n) is 15.2. The van der Waals surface area contributed by atoms with Gasteiger partial charge in [0, 0.05) is 18.0 Å². The number of H-pyrrole nitrogens is 2. The van der Waals surface area contributed by atoms with Gasteiger partial charge in [-0.1, -0.05) is 50.8 Å². The number of hydrogen-bond acceptors (Lipinski definition) is 5. The predicted octanol–water partition coefficient (Wildman–Crippen LogP) is 6.05. The second kappa shape index (κ2) is 12.3. The lowest BCUT2D eigenvalue weighted by molar-refractivity contribution is -0.135. The van der Waals surface area contributed by atoms with Crippen LogP contribution in [0, 0.1) is 17.8 Å². The number of aromatic nitrogens is 4. The molecule has 2 atom stereocenters. The van der Waals surface area contributed by atoms with Gasteiger partial charge >= 0.3 is 6.09 Å². The minimum absolute atomic E-state index is 0.0833. The number of ether oxygens (including phenoxy) is 1. The maximum atomic E-state index is 13.4. The summed E-state index contributed by atoms with van der Waals surface area (Å²) in [5, 5.41) is 2.68. The predicted molar refractivity (Wildman–Crippen MR) is 165 cm³/mol. The van der Waals surface area contributed by atoms with Crippen LogP contribution in [-0.2, 0) is 9.53 Å². The molecular formula is C34H38N6O3. The standard InChI is InChI=1S/C34H38N6O3/c1-21(2)30(39-34(42)43-3)33(41)40-18-6-9-29(40)32-35-20-26(36-32)16-12-22-10-13-23(14-11-22)25-15-17-27-28(19-25)38-31(37-27)24-7-4-5-8-24/h10-11,13-15,17,19-21,24,29-30H,4-9,18H2,1-3H3,(H,35,36)(H,37,38)(H,39,42). The maximum absolute atomic E-state index is 13.4. The van der Waals surface area contributed by atoms with E-state index in [4.69, 9.17) is 9.72 Å². The van der Waals surface area contributed by atoms with Gasteiger partial charge in [0.15, 0.2) is 0 Å². The van der Waals surface area contributed by atoms with Crippen molar-refractivity contribution in [1.29, 1.82) is 0 Å². The van der Waals surface area contributed by atoms with E-state index >= 15 is 0 Å². The van der Waals surface area contributed by atoms with Crippen molar-refractivity contribution < 1.29 is 14.3 Å². The first-order chi connectivity index (χ1) is 20.9. The van der Waals surface area contributed by atoms with Crippen molar-refractivity contribution in [3.63, 3.8) is 0 Å². The van der Waals surface area contributed by atoms with Crippen molar-refractivity contribution in [2.24, 2.45) is 5.92 Å². The molecule has 1 aliphatic heterocycles. The van der Waals surface area contributed by atoms with Crippen LogP contribution < -0.4 is 5.32 Å². The van der Waals surface area contributed by atoms with E-state index in [2.05, 4.69) is 62.4 Å². The Morgan fingerprint density at radius 1 is 0.977 bits per heavy atom. The summed E-state index contributed by atoms with van der Waals surface area (Å²) in [7, 11) is 1.29. The number of benzene rings is 2. The Morgan fingerprint density at radius 3 is 2.49 bits per heavy atom. The van der Waals surface area contributed by atoms with Gasteiger partial charge < -0.3 is 24.9 Å². The highest BCUT2D eigenvalue weighted by Crippen LogP contribution is 2.34. The second-order valence-electron chi connectivity index (χ2n) is 11.9. The molecule has 0 bridgehead atoms. The Morgan fingerprint density at radius 2 is 1.74 bits per heavy atom. The molecule has 0 spiro atoms. The zero-order chi connectivity index (χ0) is 29.9. The third kappa shape index (κ3) is 6.14. The van der Waals surface area contributed by atoms with E-state index in [1.54, 1.807) is 11.1 Å². The van der Waals surface area contributed by atoms with Crippen LogP contribution in [0.5, 0.6) is 0 Å². The quantitative estimate of drug-likeness (QED) is 0.241. The van der Waals surface area contributed by atoms with Gasteiger partial charge in [-0.2, -0.15) is 0 Å². The minimum atomic E-state index is -0.666. The SMILES string of the molecule is COC(=O)NC(C(=O)N1CCCC1c1ncc(C#Cc2ccc(-c3ccc4nc(C5CCCC5)[nH]c4c3)cc2)[nH]1)C(C)C. The van der Waals surface area contributed by atoms with Gasteiger partial charge in [-0.15, -0.1) is 0 Å². The van der Waals surface area contributed by atoms with Gasteiger partial charge in [0.2, 0.25) is 5.91 Å². The lowest BCUT2D eigenvalue weighted by Crippen LogP contribution is -2.51. The number of aromatic amines is 2. The van der Waals surface area contributed by atoms with Crippen LogP contribution in [0.3, 0.4) is 0 Å². The van der Waals surface area contributed by atoms with Crippen LogP contribution in [0.2, 0.25) is 0 Å². The molecule has 3 N–H and O–H groups in total. The van der Waals surface area contributed by atoms with E-state index < -0.39 is 12.1 Å². The fourth-order valence-corrected chi connectivity index (χ4v) is 6.25. The van der Waals surface area contributed by atoms with Crippen LogP contribution in [0.4, 0.5) is 4.79 Å². The molecule has 2 amide bonds. The molecule has 1 aliphatic carbocycles. The van der Waals surface area contributed by atoms with Crippen LogP contribution in [0.15, 0.2) is 48.7 Å². The highest BCUT2D eigenvalue weighted by Gasteiger charge is 2.37. The highest BCUT2D eigenvalue weighted by atomic mass is 16.5. The van der Waals surface area contributed by atoms with Gasteiger partial charge in [-0.3, -0.25) is 4.79 Å². The summed E-state index contributed by atoms with van der Waals surface area (Å²) >= 11 is 0. The zero-order valence-corrected chi connectivity index (χ0v) is 24.9. The van der Waals surface area contributed by atoms with Gasteiger partial charge in [0.1, 0.15) is 23.4 Å². The molecule has 1 saturated heterocycles. The van der Waals surface area contributed by atoms with Crippen molar-refractivity contribution in [2.45, 2.75) is 70.4 Å². The van der Waals surface area contributed by atoms with Crippen LogP contribution >= 0.6 is 0 Å². The number of carbonyl (C=O) groups excluding carboxylic acids is 2. The average molecular weight is 579 g/mol. The molecule has 43 heavy (non-hydrogen) atoms. The van der Waals surface area contributed by atoms with E-state index in [1.165, 1.54) is 32.8 Å². The Labute approximate surface area is 251 Å². The Hall–Kier alpha value is -4.58. The zero-order valence-electron chi connectivity index (χ0n) is 24.9. The molecule has 2 aromatic heterocycles. The van der Waals surface area contributed by atoms with E-state index in [-0.39, 0.29) is 17.9 Å². The normalized spacial score (nSPS) is 17.7. The number of carbonyl (C=O) groups is 2. The second-order valence-corrected chi connectivity index (χ2v) is 11.9. The summed E-state index contributed by atoms with van der Waals surface area (Å²) in [4.78, 5) is 43.3. The molecular weight excluding hydrogens is 540 g/mol. The number of nitrogens with zero attached hydrogens (tertiary/aromatic N) is 3. The molecule has 2 unspecified atom stereocenters. The van der Waals surface area contributed by atoms with Gasteiger partial charge in [-0.05, 0) is 72.9 Å². The van der Waals surface area contributed by atoms with Crippen molar-refractivity contribution >= 4 is 23.0 Å². The molecule has 4 aromatic rings. The third-order valence-electron chi connectivity index (χ3n) is 8.64. The lowest BCUT2D eigenvalue weighted by Gasteiger charge is -2.29. The summed E-state index contributed by atoms with van der Waals surface area (Å²) in [6.45, 7) is 4.42. The Kier molecular flexibility index (Phi) is 8.19. The molecule has 2 aromatic carbocycles. The maximum Gasteiger partial charge on any atom is 0.407 e. The van der Waals surface area contributed by atoms with Crippen molar-refractivity contribution in [3.05, 3.63) is 71.6 Å². The van der Waals surface area contributed by atoms with E-state index in [0.29, 0.717) is 24.0 Å². The molecule has 1 saturated carbocycles. The smallest absolute Gasteiger partial charge is 0.407 e. The Balaban J connectivity index is 1.13. The number of likely N-dealkylation sites (tertiary alicyclic amines) is 1. The average Bonchev–Trinajstić information content (AvgIpc) is 3.84. The van der Waals surface area contributed by atoms with E-state index in [9.17, 15) is 9.59 Å². The molecule has 2 fully saturated rings. The molecule has 6 rings (SSSR count). The van der Waals surface area contributed by atoms with Crippen LogP contribution in [0.25, 0.3) is 22.2 Å². The number of rotatable bonds is 6. The van der Waals surface area contributed by atoms with Crippen LogP contribution in [-0.4, -0.2) is 56.5 Å². The van der Waals surface area contributed by atoms with E-state index in [1.807, 2.05) is 26.0 Å². The molecule has 0 radical (unpaired) electrons. The first kappa shape index (κ1) is 28.5. The molecule has 2 aliphatic rings. The monoisotopic (exact) mass is 578 g/mol. The summed E-state index contributed by atoms with van der Waals surface area (Å²) < 4.78 is 4.72. The number of fused-ring (bicyclic) bond motifs is 1. The summed E-state index contributed by atoms with van der Waals surface area (Å²) in [5.74, 6) is 8.58. The molecule has 9 nitrogen and oxygen atoms in total. The number of methoxy groups -OCH3 is 1. The highest BCUT2D eigenvalue weighted by molar-refractivity contribution is 5.86. The number of hydrogen-bond donors (Lipinski definition) is 3. The van der Waals surface area contributed by atoms with E-state index in [0.717, 1.165) is 46.4 Å². The van der Waals surface area contributed by atoms with Crippen LogP contribution in [0.1, 0.15) is 87.2 Å². The van der Waals surface area contributed by atoms with Crippen molar-refractivity contribution in [3.8, 4) is 23.0 Å². The molecule has 9 heteroatoms.